The molecule has 6 heteroatoms. The van der Waals surface area contributed by atoms with Crippen molar-refractivity contribution in [3.8, 4) is 5.75 Å². The van der Waals surface area contributed by atoms with Gasteiger partial charge in [-0.3, -0.25) is 9.69 Å². The van der Waals surface area contributed by atoms with Gasteiger partial charge in [-0.05, 0) is 24.1 Å². The number of hydrogen-bond donors (Lipinski definition) is 0. The van der Waals surface area contributed by atoms with Crippen molar-refractivity contribution < 1.29 is 9.53 Å². The maximum absolute atomic E-state index is 12.1. The Hall–Kier alpha value is -1.92. The average molecular weight is 345 g/mol. The van der Waals surface area contributed by atoms with Gasteiger partial charge in [-0.1, -0.05) is 12.1 Å². The molecule has 0 bridgehead atoms. The van der Waals surface area contributed by atoms with E-state index in [1.807, 2.05) is 12.1 Å². The first-order valence-electron chi connectivity index (χ1n) is 8.12. The summed E-state index contributed by atoms with van der Waals surface area (Å²) in [6.07, 6.45) is 1.86. The number of aromatic nitrogens is 1. The predicted molar refractivity (Wildman–Crippen MR) is 95.8 cm³/mol. The SMILES string of the molecule is COc1cccc(CN2CCc3nc(C(=O)N(C)C)sc3CC2)c1. The minimum Gasteiger partial charge on any atom is -0.497 e. The molecular formula is C18H23N3O2S. The summed E-state index contributed by atoms with van der Waals surface area (Å²) in [5.74, 6) is 0.899. The summed E-state index contributed by atoms with van der Waals surface area (Å²) in [6, 6.07) is 8.22. The molecule has 0 spiro atoms. The topological polar surface area (TPSA) is 45.7 Å². The van der Waals surface area contributed by atoms with Crippen LogP contribution >= 0.6 is 11.3 Å². The van der Waals surface area contributed by atoms with E-state index in [1.165, 1.54) is 10.4 Å². The van der Waals surface area contributed by atoms with Gasteiger partial charge in [-0.15, -0.1) is 11.3 Å². The van der Waals surface area contributed by atoms with Crippen LogP contribution in [0.25, 0.3) is 0 Å². The highest BCUT2D eigenvalue weighted by Crippen LogP contribution is 2.24. The molecule has 1 aromatic heterocycles. The van der Waals surface area contributed by atoms with Crippen LogP contribution in [0.2, 0.25) is 0 Å². The summed E-state index contributed by atoms with van der Waals surface area (Å²) in [5, 5.41) is 0.617. The van der Waals surface area contributed by atoms with Crippen LogP contribution in [0.5, 0.6) is 5.75 Å². The van der Waals surface area contributed by atoms with E-state index in [0.717, 1.165) is 43.9 Å². The van der Waals surface area contributed by atoms with Crippen LogP contribution in [-0.4, -0.2) is 55.0 Å². The molecule has 0 fully saturated rings. The van der Waals surface area contributed by atoms with Gasteiger partial charge in [0.15, 0.2) is 5.01 Å². The summed E-state index contributed by atoms with van der Waals surface area (Å²) in [7, 11) is 5.23. The van der Waals surface area contributed by atoms with E-state index in [1.54, 1.807) is 37.4 Å². The molecule has 0 saturated carbocycles. The third-order valence-electron chi connectivity index (χ3n) is 4.23. The van der Waals surface area contributed by atoms with E-state index in [4.69, 9.17) is 4.74 Å². The van der Waals surface area contributed by atoms with Gasteiger partial charge in [0.2, 0.25) is 0 Å². The lowest BCUT2D eigenvalue weighted by Gasteiger charge is -2.20. The number of hydrogen-bond acceptors (Lipinski definition) is 5. The van der Waals surface area contributed by atoms with Crippen molar-refractivity contribution in [1.82, 2.24) is 14.8 Å². The van der Waals surface area contributed by atoms with Crippen molar-refractivity contribution in [3.63, 3.8) is 0 Å². The Balaban J connectivity index is 1.66. The van der Waals surface area contributed by atoms with E-state index in [0.29, 0.717) is 5.01 Å². The first-order chi connectivity index (χ1) is 11.6. The van der Waals surface area contributed by atoms with E-state index < -0.39 is 0 Å². The second-order valence-corrected chi connectivity index (χ2v) is 7.30. The first kappa shape index (κ1) is 16.9. The summed E-state index contributed by atoms with van der Waals surface area (Å²) >= 11 is 1.55. The highest BCUT2D eigenvalue weighted by atomic mass is 32.1. The van der Waals surface area contributed by atoms with Gasteiger partial charge in [-0.25, -0.2) is 4.98 Å². The van der Waals surface area contributed by atoms with Crippen LogP contribution in [0.15, 0.2) is 24.3 Å². The molecule has 3 rings (SSSR count). The summed E-state index contributed by atoms with van der Waals surface area (Å²) < 4.78 is 5.30. The Bertz CT molecular complexity index is 701. The lowest BCUT2D eigenvalue weighted by atomic mass is 10.2. The maximum atomic E-state index is 12.1. The molecule has 0 aliphatic carbocycles. The molecule has 5 nitrogen and oxygen atoms in total. The smallest absolute Gasteiger partial charge is 0.282 e. The van der Waals surface area contributed by atoms with Gasteiger partial charge in [0, 0.05) is 45.0 Å². The first-order valence-corrected chi connectivity index (χ1v) is 8.94. The number of fused-ring (bicyclic) bond motifs is 1. The third kappa shape index (κ3) is 3.76. The van der Waals surface area contributed by atoms with E-state index >= 15 is 0 Å². The molecule has 0 radical (unpaired) electrons. The van der Waals surface area contributed by atoms with Crippen molar-refractivity contribution >= 4 is 17.2 Å². The second kappa shape index (κ2) is 7.32. The standard InChI is InChI=1S/C18H23N3O2S/c1-20(2)18(22)17-19-15-7-9-21(10-8-16(15)24-17)12-13-5-4-6-14(11-13)23-3/h4-6,11H,7-10,12H2,1-3H3. The quantitative estimate of drug-likeness (QED) is 0.854. The van der Waals surface area contributed by atoms with Gasteiger partial charge in [0.25, 0.3) is 5.91 Å². The summed E-state index contributed by atoms with van der Waals surface area (Å²) in [5.41, 5.74) is 2.36. The van der Waals surface area contributed by atoms with Gasteiger partial charge in [-0.2, -0.15) is 0 Å². The molecule has 2 aromatic rings. The Morgan fingerprint density at radius 3 is 2.88 bits per heavy atom. The number of nitrogens with zero attached hydrogens (tertiary/aromatic N) is 3. The van der Waals surface area contributed by atoms with E-state index in [-0.39, 0.29) is 5.91 Å². The number of carbonyl (C=O) groups excluding carboxylic acids is 1. The number of carbonyl (C=O) groups is 1. The molecule has 1 aliphatic rings. The number of thiazole rings is 1. The molecule has 0 saturated heterocycles. The fourth-order valence-corrected chi connectivity index (χ4v) is 4.00. The minimum absolute atomic E-state index is 0.00121. The zero-order valence-electron chi connectivity index (χ0n) is 14.4. The number of methoxy groups -OCH3 is 1. The maximum Gasteiger partial charge on any atom is 0.282 e. The molecule has 0 unspecified atom stereocenters. The van der Waals surface area contributed by atoms with E-state index in [9.17, 15) is 4.79 Å². The lowest BCUT2D eigenvalue weighted by molar-refractivity contribution is 0.0827. The average Bonchev–Trinajstić information content (AvgIpc) is 2.91. The van der Waals surface area contributed by atoms with Crippen LogP contribution in [0.3, 0.4) is 0 Å². The summed E-state index contributed by atoms with van der Waals surface area (Å²) in [6.45, 7) is 2.86. The normalized spacial score (nSPS) is 14.8. The molecule has 24 heavy (non-hydrogen) atoms. The monoisotopic (exact) mass is 345 g/mol. The second-order valence-electron chi connectivity index (χ2n) is 6.22. The highest BCUT2D eigenvalue weighted by molar-refractivity contribution is 7.13. The number of ether oxygens (including phenoxy) is 1. The van der Waals surface area contributed by atoms with Crippen LogP contribution in [-0.2, 0) is 19.4 Å². The zero-order valence-corrected chi connectivity index (χ0v) is 15.2. The molecule has 2 heterocycles. The molecule has 0 N–H and O–H groups in total. The molecule has 1 amide bonds. The number of amides is 1. The lowest BCUT2D eigenvalue weighted by Crippen LogP contribution is -2.26. The van der Waals surface area contributed by atoms with Crippen LogP contribution in [0, 0.1) is 0 Å². The zero-order chi connectivity index (χ0) is 17.1. The van der Waals surface area contributed by atoms with Crippen molar-refractivity contribution in [2.45, 2.75) is 19.4 Å². The van der Waals surface area contributed by atoms with Crippen molar-refractivity contribution in [3.05, 3.63) is 45.4 Å². The van der Waals surface area contributed by atoms with Crippen LogP contribution in [0.1, 0.15) is 25.9 Å². The predicted octanol–water partition coefficient (Wildman–Crippen LogP) is 2.45. The third-order valence-corrected chi connectivity index (χ3v) is 5.37. The van der Waals surface area contributed by atoms with E-state index in [2.05, 4.69) is 22.0 Å². The van der Waals surface area contributed by atoms with Gasteiger partial charge in [0.1, 0.15) is 5.75 Å². The Kier molecular flexibility index (Phi) is 5.16. The Morgan fingerprint density at radius 1 is 1.33 bits per heavy atom. The Labute approximate surface area is 146 Å². The Morgan fingerprint density at radius 2 is 2.12 bits per heavy atom. The van der Waals surface area contributed by atoms with Crippen LogP contribution in [0.4, 0.5) is 0 Å². The molecule has 1 aliphatic heterocycles. The molecular weight excluding hydrogens is 322 g/mol. The van der Waals surface area contributed by atoms with Crippen molar-refractivity contribution in [2.24, 2.45) is 0 Å². The largest absolute Gasteiger partial charge is 0.497 e. The van der Waals surface area contributed by atoms with Crippen LogP contribution < -0.4 is 4.74 Å². The van der Waals surface area contributed by atoms with Crippen molar-refractivity contribution in [1.29, 1.82) is 0 Å². The molecule has 128 valence electrons. The summed E-state index contributed by atoms with van der Waals surface area (Å²) in [4.78, 5) is 21.9. The van der Waals surface area contributed by atoms with Gasteiger partial charge >= 0.3 is 0 Å². The van der Waals surface area contributed by atoms with Gasteiger partial charge in [0.05, 0.1) is 12.8 Å². The molecule has 1 aromatic carbocycles. The number of rotatable bonds is 4. The fraction of sp³-hybridized carbons (Fsp3) is 0.444. The fourth-order valence-electron chi connectivity index (χ4n) is 2.88. The minimum atomic E-state index is 0.00121. The molecule has 0 atom stereocenters. The van der Waals surface area contributed by atoms with Gasteiger partial charge < -0.3 is 9.64 Å². The number of benzene rings is 1. The van der Waals surface area contributed by atoms with Crippen molar-refractivity contribution in [2.75, 3.05) is 34.3 Å². The highest BCUT2D eigenvalue weighted by Gasteiger charge is 2.21.